The van der Waals surface area contributed by atoms with Crippen molar-refractivity contribution in [3.05, 3.63) is 45.5 Å². The first-order chi connectivity index (χ1) is 7.68. The third-order valence-corrected chi connectivity index (χ3v) is 2.79. The van der Waals surface area contributed by atoms with Gasteiger partial charge in [0.05, 0.1) is 4.92 Å². The van der Waals surface area contributed by atoms with E-state index < -0.39 is 0 Å². The number of benzene rings is 1. The van der Waals surface area contributed by atoms with Crippen LogP contribution in [0.25, 0.3) is 5.57 Å². The molecule has 0 fully saturated rings. The lowest BCUT2D eigenvalue weighted by molar-refractivity contribution is -0.384. The van der Waals surface area contributed by atoms with Crippen molar-refractivity contribution in [3.8, 4) is 0 Å². The second-order valence-electron chi connectivity index (χ2n) is 3.92. The highest BCUT2D eigenvalue weighted by Crippen LogP contribution is 2.27. The van der Waals surface area contributed by atoms with Gasteiger partial charge in [-0.25, -0.2) is 5.32 Å². The first kappa shape index (κ1) is 10.8. The number of hydrogen-bond acceptors (Lipinski definition) is 2. The van der Waals surface area contributed by atoms with E-state index in [1.165, 1.54) is 17.2 Å². The lowest BCUT2D eigenvalue weighted by Gasteiger charge is -2.17. The largest absolute Gasteiger partial charge is 0.270 e. The van der Waals surface area contributed by atoms with Crippen LogP contribution >= 0.6 is 0 Å². The van der Waals surface area contributed by atoms with Crippen LogP contribution in [0.5, 0.6) is 0 Å². The first-order valence-electron chi connectivity index (χ1n) is 5.25. The number of rotatable bonds is 2. The van der Waals surface area contributed by atoms with E-state index in [4.69, 9.17) is 0 Å². The van der Waals surface area contributed by atoms with Crippen LogP contribution in [-0.4, -0.2) is 18.0 Å². The van der Waals surface area contributed by atoms with Gasteiger partial charge in [0, 0.05) is 25.2 Å². The highest BCUT2D eigenvalue weighted by Gasteiger charge is 2.14. The van der Waals surface area contributed by atoms with Crippen LogP contribution in [0.4, 0.5) is 5.69 Å². The highest BCUT2D eigenvalue weighted by atomic mass is 16.6. The third kappa shape index (κ3) is 2.12. The molecule has 0 bridgehead atoms. The molecule has 1 radical (unpaired) electrons. The molecule has 16 heavy (non-hydrogen) atoms. The Morgan fingerprint density at radius 1 is 1.44 bits per heavy atom. The maximum atomic E-state index is 10.7. The van der Waals surface area contributed by atoms with Crippen LogP contribution in [0.1, 0.15) is 18.9 Å². The molecule has 4 nitrogen and oxygen atoms in total. The number of hydrogen-bond donors (Lipinski definition) is 0. The van der Waals surface area contributed by atoms with E-state index in [1.807, 2.05) is 13.0 Å². The topological polar surface area (TPSA) is 57.2 Å². The summed E-state index contributed by atoms with van der Waals surface area (Å²) in [6, 6.07) is 6.83. The Morgan fingerprint density at radius 2 is 2.25 bits per heavy atom. The van der Waals surface area contributed by atoms with Crippen molar-refractivity contribution >= 4 is 11.3 Å². The number of nitro benzene ring substituents is 1. The molecule has 0 aliphatic carbocycles. The minimum atomic E-state index is -0.355. The SMILES string of the molecule is CC1=C(c2cccc([N+](=O)[O-])c2)CC[N]C1. The number of non-ortho nitro benzene ring substituents is 1. The van der Waals surface area contributed by atoms with E-state index in [2.05, 4.69) is 5.32 Å². The van der Waals surface area contributed by atoms with Gasteiger partial charge in [0.25, 0.3) is 5.69 Å². The molecule has 0 unspecified atom stereocenters. The normalized spacial score (nSPS) is 16.3. The molecule has 0 aromatic heterocycles. The number of nitrogens with zero attached hydrogens (tertiary/aromatic N) is 2. The Balaban J connectivity index is 2.40. The Morgan fingerprint density at radius 3 is 2.94 bits per heavy atom. The Kier molecular flexibility index (Phi) is 3.01. The zero-order valence-electron chi connectivity index (χ0n) is 9.14. The molecule has 1 aliphatic heterocycles. The molecular weight excluding hydrogens is 204 g/mol. The van der Waals surface area contributed by atoms with Crippen molar-refractivity contribution in [1.29, 1.82) is 0 Å². The summed E-state index contributed by atoms with van der Waals surface area (Å²) >= 11 is 0. The fraction of sp³-hybridized carbons (Fsp3) is 0.333. The van der Waals surface area contributed by atoms with Gasteiger partial charge in [-0.3, -0.25) is 10.1 Å². The molecule has 1 aliphatic rings. The molecular formula is C12H13N2O2. The molecule has 1 aromatic rings. The smallest absolute Gasteiger partial charge is 0.258 e. The predicted molar refractivity (Wildman–Crippen MR) is 62.2 cm³/mol. The predicted octanol–water partition coefficient (Wildman–Crippen LogP) is 2.38. The number of nitro groups is 1. The summed E-state index contributed by atoms with van der Waals surface area (Å²) in [5.74, 6) is 0. The van der Waals surface area contributed by atoms with Crippen molar-refractivity contribution in [2.24, 2.45) is 0 Å². The maximum Gasteiger partial charge on any atom is 0.270 e. The lowest BCUT2D eigenvalue weighted by atomic mass is 9.95. The minimum Gasteiger partial charge on any atom is -0.258 e. The molecule has 0 spiro atoms. The molecule has 1 heterocycles. The molecule has 83 valence electrons. The van der Waals surface area contributed by atoms with E-state index in [-0.39, 0.29) is 10.6 Å². The van der Waals surface area contributed by atoms with E-state index in [9.17, 15) is 10.1 Å². The van der Waals surface area contributed by atoms with Gasteiger partial charge in [0.15, 0.2) is 0 Å². The van der Waals surface area contributed by atoms with Crippen molar-refractivity contribution in [3.63, 3.8) is 0 Å². The second-order valence-corrected chi connectivity index (χ2v) is 3.92. The van der Waals surface area contributed by atoms with Crippen LogP contribution < -0.4 is 5.32 Å². The Hall–Kier alpha value is -1.68. The third-order valence-electron chi connectivity index (χ3n) is 2.79. The van der Waals surface area contributed by atoms with Gasteiger partial charge in [0.2, 0.25) is 0 Å². The molecule has 0 atom stereocenters. The summed E-state index contributed by atoms with van der Waals surface area (Å²) in [6.45, 7) is 3.60. The van der Waals surface area contributed by atoms with Gasteiger partial charge in [-0.05, 0) is 24.5 Å². The quantitative estimate of drug-likeness (QED) is 0.564. The molecule has 0 N–H and O–H groups in total. The van der Waals surface area contributed by atoms with Crippen molar-refractivity contribution in [1.82, 2.24) is 5.32 Å². The maximum absolute atomic E-state index is 10.7. The summed E-state index contributed by atoms with van der Waals surface area (Å²) in [7, 11) is 0. The lowest BCUT2D eigenvalue weighted by Crippen LogP contribution is -2.17. The molecule has 1 aromatic carbocycles. The molecule has 4 heteroatoms. The van der Waals surface area contributed by atoms with Gasteiger partial charge >= 0.3 is 0 Å². The molecule has 0 saturated carbocycles. The summed E-state index contributed by atoms with van der Waals surface area (Å²) < 4.78 is 0. The average Bonchev–Trinajstić information content (AvgIpc) is 2.30. The van der Waals surface area contributed by atoms with Crippen molar-refractivity contribution < 1.29 is 4.92 Å². The fourth-order valence-electron chi connectivity index (χ4n) is 1.94. The van der Waals surface area contributed by atoms with Crippen LogP contribution in [0.2, 0.25) is 0 Å². The van der Waals surface area contributed by atoms with Crippen LogP contribution in [0, 0.1) is 10.1 Å². The van der Waals surface area contributed by atoms with Gasteiger partial charge in [-0.2, -0.15) is 0 Å². The van der Waals surface area contributed by atoms with Gasteiger partial charge in [0.1, 0.15) is 0 Å². The van der Waals surface area contributed by atoms with Crippen molar-refractivity contribution in [2.75, 3.05) is 13.1 Å². The summed E-state index contributed by atoms with van der Waals surface area (Å²) in [4.78, 5) is 10.3. The monoisotopic (exact) mass is 217 g/mol. The average molecular weight is 217 g/mol. The fourth-order valence-corrected chi connectivity index (χ4v) is 1.94. The summed E-state index contributed by atoms with van der Waals surface area (Å²) in [6.07, 6.45) is 0.882. The van der Waals surface area contributed by atoms with E-state index >= 15 is 0 Å². The highest BCUT2D eigenvalue weighted by molar-refractivity contribution is 5.71. The molecule has 2 rings (SSSR count). The van der Waals surface area contributed by atoms with E-state index in [0.29, 0.717) is 0 Å². The second kappa shape index (κ2) is 4.45. The van der Waals surface area contributed by atoms with Crippen LogP contribution in [0.15, 0.2) is 29.8 Å². The van der Waals surface area contributed by atoms with Crippen LogP contribution in [0.3, 0.4) is 0 Å². The molecule has 0 amide bonds. The van der Waals surface area contributed by atoms with Crippen molar-refractivity contribution in [2.45, 2.75) is 13.3 Å². The first-order valence-corrected chi connectivity index (χ1v) is 5.25. The van der Waals surface area contributed by atoms with Crippen LogP contribution in [-0.2, 0) is 0 Å². The minimum absolute atomic E-state index is 0.153. The standard InChI is InChI=1S/C12H13N2O2/c1-9-8-13-6-5-12(9)10-3-2-4-11(7-10)14(15)16/h2-4,7H,5-6,8H2,1H3. The Bertz CT molecular complexity index is 452. The summed E-state index contributed by atoms with van der Waals surface area (Å²) in [5.41, 5.74) is 3.53. The van der Waals surface area contributed by atoms with E-state index in [1.54, 1.807) is 12.1 Å². The Labute approximate surface area is 94.1 Å². The molecule has 0 saturated heterocycles. The zero-order valence-corrected chi connectivity index (χ0v) is 9.14. The van der Waals surface area contributed by atoms with Gasteiger partial charge < -0.3 is 0 Å². The van der Waals surface area contributed by atoms with Gasteiger partial charge in [-0.15, -0.1) is 0 Å². The summed E-state index contributed by atoms with van der Waals surface area (Å²) in [5, 5.41) is 15.0. The van der Waals surface area contributed by atoms with Gasteiger partial charge in [-0.1, -0.05) is 17.7 Å². The van der Waals surface area contributed by atoms with E-state index in [0.717, 1.165) is 25.1 Å². The zero-order chi connectivity index (χ0) is 11.5.